The standard InChI is InChI=1S/C36H50N10O6.C13H24N4O3/c37-33(38)41-27-11-7-25(8-12-27)23-31(47)43-15-19-45(20-16-43)35(49)51-29-3-1-4-30(6-2-5-29)52-36(50)46-21-17-44(18-22-46)32(48)24-26-9-13-28(14-10-26)42-34(39)40;18-12(15-6-3-11-1-4-14-5-2-11)16-7-9-17(10-8-16)13(19)20/h7-14,29-30H,1-6,15-24H2,(H4,37,38,41)(H4,39,40,42);11,14H,1-10H2,(H,15,18)(H,19,20)/t29-,30+;. The van der Waals surface area contributed by atoms with Crippen molar-refractivity contribution in [3.05, 3.63) is 59.7 Å². The lowest BCUT2D eigenvalue weighted by Gasteiger charge is -2.36. The number of anilines is 2. The molecule has 2 aromatic carbocycles. The molecule has 4 aliphatic heterocycles. The number of benzene rings is 2. The maximum absolute atomic E-state index is 13.0. The molecule has 394 valence electrons. The number of hydrogen-bond acceptors (Lipinski definition) is 11. The van der Waals surface area contributed by atoms with Crippen molar-refractivity contribution in [3.8, 4) is 0 Å². The Morgan fingerprint density at radius 1 is 0.556 bits per heavy atom. The predicted octanol–water partition coefficient (Wildman–Crippen LogP) is 3.12. The quantitative estimate of drug-likeness (QED) is 0.116. The molecule has 4 saturated heterocycles. The number of nitrogens with one attached hydrogen (secondary N) is 6. The zero-order chi connectivity index (χ0) is 51.4. The van der Waals surface area contributed by atoms with Crippen LogP contribution < -0.4 is 32.7 Å². The molecule has 0 aromatic heterocycles. The first kappa shape index (κ1) is 54.3. The Morgan fingerprint density at radius 3 is 1.32 bits per heavy atom. The SMILES string of the molecule is N=C(N)Nc1ccc(CC(=O)N2CCN(C(=O)O[C@H]3CCC[C@@H](OC(=O)N4CCN(C(=O)Cc5ccc(NC(=N)N)cc5)CC4)CCC3)CC2)cc1.O=C(O)N1CCN(C(=O)NCCC2CCNCC2)CC1. The average Bonchev–Trinajstić information content (AvgIpc) is 3.36. The van der Waals surface area contributed by atoms with Crippen molar-refractivity contribution in [2.24, 2.45) is 17.4 Å². The molecule has 11 N–H and O–H groups in total. The second kappa shape index (κ2) is 27.5. The predicted molar refractivity (Wildman–Crippen MR) is 271 cm³/mol. The molecule has 0 spiro atoms. The molecule has 23 nitrogen and oxygen atoms in total. The van der Waals surface area contributed by atoms with Crippen LogP contribution in [0.1, 0.15) is 68.9 Å². The summed E-state index contributed by atoms with van der Waals surface area (Å²) in [6.07, 6.45) is 6.17. The summed E-state index contributed by atoms with van der Waals surface area (Å²) in [5, 5.41) is 35.2. The molecule has 0 atom stereocenters. The second-order valence-electron chi connectivity index (χ2n) is 18.9. The van der Waals surface area contributed by atoms with E-state index in [0.717, 1.165) is 43.5 Å². The highest BCUT2D eigenvalue weighted by Gasteiger charge is 2.31. The highest BCUT2D eigenvalue weighted by Crippen LogP contribution is 2.24. The Bertz CT molecular complexity index is 2010. The van der Waals surface area contributed by atoms with Gasteiger partial charge in [0, 0.05) is 96.5 Å². The van der Waals surface area contributed by atoms with Gasteiger partial charge in [-0.25, -0.2) is 19.2 Å². The number of piperidine rings is 1. The maximum Gasteiger partial charge on any atom is 0.410 e. The first-order chi connectivity index (χ1) is 34.7. The van der Waals surface area contributed by atoms with Gasteiger partial charge in [-0.15, -0.1) is 0 Å². The zero-order valence-electron chi connectivity index (χ0n) is 41.3. The minimum absolute atomic E-state index is 0.00689. The zero-order valence-corrected chi connectivity index (χ0v) is 41.3. The van der Waals surface area contributed by atoms with E-state index in [4.69, 9.17) is 36.9 Å². The molecule has 7 rings (SSSR count). The van der Waals surface area contributed by atoms with Gasteiger partial charge in [0.1, 0.15) is 12.2 Å². The number of rotatable bonds is 11. The largest absolute Gasteiger partial charge is 0.465 e. The molecule has 1 aliphatic carbocycles. The van der Waals surface area contributed by atoms with E-state index < -0.39 is 6.09 Å². The number of piperazine rings is 3. The third-order valence-electron chi connectivity index (χ3n) is 13.7. The van der Waals surface area contributed by atoms with E-state index in [1.54, 1.807) is 48.8 Å². The highest BCUT2D eigenvalue weighted by atomic mass is 16.6. The van der Waals surface area contributed by atoms with E-state index >= 15 is 0 Å². The third-order valence-corrected chi connectivity index (χ3v) is 13.7. The van der Waals surface area contributed by atoms with Crippen LogP contribution in [0.2, 0.25) is 0 Å². The molecule has 5 fully saturated rings. The van der Waals surface area contributed by atoms with Crippen molar-refractivity contribution in [2.75, 3.05) is 109 Å². The number of carbonyl (C=O) groups excluding carboxylic acids is 5. The lowest BCUT2D eigenvalue weighted by molar-refractivity contribution is -0.132. The number of nitrogens with two attached hydrogens (primary N) is 2. The van der Waals surface area contributed by atoms with Crippen LogP contribution in [0.3, 0.4) is 0 Å². The molecule has 72 heavy (non-hydrogen) atoms. The van der Waals surface area contributed by atoms with Crippen molar-refractivity contribution in [1.82, 2.24) is 40.0 Å². The molecule has 0 radical (unpaired) electrons. The maximum atomic E-state index is 13.0. The average molecular weight is 1000 g/mol. The third kappa shape index (κ3) is 17.7. The molecule has 4 heterocycles. The van der Waals surface area contributed by atoms with Crippen LogP contribution in [0.25, 0.3) is 0 Å². The van der Waals surface area contributed by atoms with Crippen LogP contribution in [-0.4, -0.2) is 193 Å². The number of nitrogens with zero attached hydrogens (tertiary/aromatic N) is 6. The van der Waals surface area contributed by atoms with Crippen LogP contribution in [0.15, 0.2) is 48.5 Å². The van der Waals surface area contributed by atoms with Crippen molar-refractivity contribution < 1.29 is 43.3 Å². The Labute approximate surface area is 421 Å². The van der Waals surface area contributed by atoms with E-state index in [9.17, 15) is 28.8 Å². The topological polar surface area (TPSA) is 308 Å². The summed E-state index contributed by atoms with van der Waals surface area (Å²) >= 11 is 0. The Morgan fingerprint density at radius 2 is 0.931 bits per heavy atom. The molecule has 5 aliphatic rings. The summed E-state index contributed by atoms with van der Waals surface area (Å²) in [4.78, 5) is 84.3. The van der Waals surface area contributed by atoms with Gasteiger partial charge in [-0.1, -0.05) is 24.3 Å². The highest BCUT2D eigenvalue weighted by molar-refractivity contribution is 5.90. The fourth-order valence-corrected chi connectivity index (χ4v) is 9.44. The summed E-state index contributed by atoms with van der Waals surface area (Å²) in [6, 6.07) is 14.3. The molecule has 23 heteroatoms. The number of amides is 7. The Kier molecular flexibility index (Phi) is 20.8. The van der Waals surface area contributed by atoms with Gasteiger partial charge in [-0.05, 0) is 112 Å². The fraction of sp³-hybridized carbons (Fsp3) is 0.592. The van der Waals surface area contributed by atoms with Crippen LogP contribution in [0.5, 0.6) is 0 Å². The lowest BCUT2D eigenvalue weighted by Crippen LogP contribution is -2.53. The molecule has 0 bridgehead atoms. The van der Waals surface area contributed by atoms with Gasteiger partial charge in [0.05, 0.1) is 12.8 Å². The first-order valence-corrected chi connectivity index (χ1v) is 25.3. The van der Waals surface area contributed by atoms with E-state index in [1.165, 1.54) is 17.7 Å². The summed E-state index contributed by atoms with van der Waals surface area (Å²) in [7, 11) is 0. The van der Waals surface area contributed by atoms with E-state index in [-0.39, 0.29) is 67.0 Å². The van der Waals surface area contributed by atoms with Crippen LogP contribution >= 0.6 is 0 Å². The van der Waals surface area contributed by atoms with Gasteiger partial charge in [-0.3, -0.25) is 20.4 Å². The smallest absolute Gasteiger partial charge is 0.410 e. The summed E-state index contributed by atoms with van der Waals surface area (Å²) < 4.78 is 11.8. The summed E-state index contributed by atoms with van der Waals surface area (Å²) in [5.41, 5.74) is 13.8. The minimum Gasteiger partial charge on any atom is -0.465 e. The number of ether oxygens (including phenoxy) is 2. The van der Waals surface area contributed by atoms with E-state index in [1.807, 2.05) is 24.3 Å². The number of hydrogen-bond donors (Lipinski definition) is 9. The Balaban J connectivity index is 0.000000352. The van der Waals surface area contributed by atoms with Crippen molar-refractivity contribution in [2.45, 2.75) is 82.8 Å². The first-order valence-electron chi connectivity index (χ1n) is 25.3. The van der Waals surface area contributed by atoms with Gasteiger partial charge in [-0.2, -0.15) is 0 Å². The van der Waals surface area contributed by atoms with Crippen LogP contribution in [-0.2, 0) is 31.9 Å². The van der Waals surface area contributed by atoms with E-state index in [0.29, 0.717) is 128 Å². The number of carbonyl (C=O) groups is 6. The lowest BCUT2D eigenvalue weighted by atomic mass is 9.95. The normalized spacial score (nSPS) is 19.8. The van der Waals surface area contributed by atoms with Crippen molar-refractivity contribution >= 4 is 59.4 Å². The molecule has 2 aromatic rings. The van der Waals surface area contributed by atoms with Gasteiger partial charge in [0.25, 0.3) is 0 Å². The van der Waals surface area contributed by atoms with E-state index in [2.05, 4.69) is 21.3 Å². The number of urea groups is 1. The summed E-state index contributed by atoms with van der Waals surface area (Å²) in [6.45, 7) is 8.04. The number of guanidine groups is 2. The Hall–Kier alpha value is -7.04. The summed E-state index contributed by atoms with van der Waals surface area (Å²) in [5.74, 6) is 0.395. The minimum atomic E-state index is -0.907. The van der Waals surface area contributed by atoms with Crippen molar-refractivity contribution in [1.29, 1.82) is 10.8 Å². The molecular weight excluding hydrogens is 929 g/mol. The van der Waals surface area contributed by atoms with Gasteiger partial charge in [0.2, 0.25) is 11.8 Å². The molecule has 1 saturated carbocycles. The monoisotopic (exact) mass is 1000 g/mol. The molecule has 7 amide bonds. The van der Waals surface area contributed by atoms with Crippen LogP contribution in [0, 0.1) is 16.7 Å². The second-order valence-corrected chi connectivity index (χ2v) is 18.9. The molecular formula is C49H74N14O9. The van der Waals surface area contributed by atoms with Gasteiger partial charge in [0.15, 0.2) is 11.9 Å². The van der Waals surface area contributed by atoms with Crippen LogP contribution in [0.4, 0.5) is 30.6 Å². The fourth-order valence-electron chi connectivity index (χ4n) is 9.44. The van der Waals surface area contributed by atoms with Gasteiger partial charge < -0.3 is 76.7 Å². The molecule has 0 unspecified atom stereocenters. The number of carboxylic acid groups (broad SMARTS) is 1. The van der Waals surface area contributed by atoms with Crippen molar-refractivity contribution in [3.63, 3.8) is 0 Å². The van der Waals surface area contributed by atoms with Gasteiger partial charge >= 0.3 is 24.3 Å².